The molecule has 1 heteroatoms. The summed E-state index contributed by atoms with van der Waals surface area (Å²) in [4.78, 5) is 0. The molecule has 3 aromatic rings. The van der Waals surface area contributed by atoms with Crippen molar-refractivity contribution >= 4 is 44.3 Å². The number of benzene rings is 3. The van der Waals surface area contributed by atoms with Crippen LogP contribution in [-0.2, 0) is 0 Å². The average molecular weight is 279 g/mol. The summed E-state index contributed by atoms with van der Waals surface area (Å²) in [5.74, 6) is 0. The van der Waals surface area contributed by atoms with Gasteiger partial charge in [-0.3, -0.25) is 0 Å². The lowest BCUT2D eigenvalue weighted by Gasteiger charge is -2.11. The van der Waals surface area contributed by atoms with Crippen LogP contribution in [-0.4, -0.2) is 0 Å². The highest BCUT2D eigenvalue weighted by molar-refractivity contribution is 6.48. The molecule has 20 heavy (non-hydrogen) atoms. The summed E-state index contributed by atoms with van der Waals surface area (Å²) >= 11 is 6.13. The molecule has 0 aromatic heterocycles. The number of rotatable bonds is 2. The van der Waals surface area contributed by atoms with E-state index in [0.29, 0.717) is 5.03 Å². The van der Waals surface area contributed by atoms with Gasteiger partial charge in [-0.2, -0.15) is 0 Å². The molecule has 0 saturated carbocycles. The molecule has 0 unspecified atom stereocenters. The largest absolute Gasteiger partial charge is 0.0870 e. The molecule has 0 atom stereocenters. The zero-order chi connectivity index (χ0) is 14.1. The summed E-state index contributed by atoms with van der Waals surface area (Å²) in [7, 11) is 0. The van der Waals surface area contributed by atoms with Crippen LogP contribution in [0.15, 0.2) is 61.2 Å². The maximum absolute atomic E-state index is 6.13. The van der Waals surface area contributed by atoms with Gasteiger partial charge in [0.15, 0.2) is 0 Å². The van der Waals surface area contributed by atoms with Crippen molar-refractivity contribution in [3.63, 3.8) is 0 Å². The highest BCUT2D eigenvalue weighted by Crippen LogP contribution is 2.33. The van der Waals surface area contributed by atoms with Crippen molar-refractivity contribution in [3.05, 3.63) is 72.3 Å². The molecule has 0 nitrogen and oxygen atoms in total. The van der Waals surface area contributed by atoms with Crippen LogP contribution < -0.4 is 0 Å². The molecule has 3 rings (SSSR count). The van der Waals surface area contributed by atoms with Gasteiger partial charge in [-0.25, -0.2) is 0 Å². The van der Waals surface area contributed by atoms with Crippen molar-refractivity contribution in [2.24, 2.45) is 0 Å². The first-order valence-corrected chi connectivity index (χ1v) is 7.02. The van der Waals surface area contributed by atoms with Gasteiger partial charge in [-0.05, 0) is 34.0 Å². The van der Waals surface area contributed by atoms with Crippen LogP contribution in [0.5, 0.6) is 0 Å². The Kier molecular flexibility index (Phi) is 3.33. The van der Waals surface area contributed by atoms with E-state index in [-0.39, 0.29) is 0 Å². The first-order valence-electron chi connectivity index (χ1n) is 6.64. The van der Waals surface area contributed by atoms with E-state index in [1.165, 1.54) is 21.5 Å². The fraction of sp³-hybridized carbons (Fsp3) is 0.0526. The molecule has 0 heterocycles. The fourth-order valence-electron chi connectivity index (χ4n) is 2.69. The Morgan fingerprint density at radius 1 is 0.950 bits per heavy atom. The number of hydrogen-bond acceptors (Lipinski definition) is 0. The zero-order valence-corrected chi connectivity index (χ0v) is 12.1. The monoisotopic (exact) mass is 278 g/mol. The first kappa shape index (κ1) is 13.0. The number of fused-ring (bicyclic) bond motifs is 3. The molecule has 0 N–H and O–H groups in total. The summed E-state index contributed by atoms with van der Waals surface area (Å²) in [5, 5.41) is 5.55. The SMILES string of the molecule is C=C(Cl)c1ccc2c(ccc3ccccc32)c1/C=C\C. The van der Waals surface area contributed by atoms with Crippen LogP contribution in [0.1, 0.15) is 18.1 Å². The van der Waals surface area contributed by atoms with E-state index in [9.17, 15) is 0 Å². The maximum atomic E-state index is 6.13. The second-order valence-corrected chi connectivity index (χ2v) is 5.27. The summed E-state index contributed by atoms with van der Waals surface area (Å²) in [6, 6.07) is 16.9. The van der Waals surface area contributed by atoms with Crippen LogP contribution in [0.2, 0.25) is 0 Å². The molecular formula is C19H15Cl. The third kappa shape index (κ3) is 2.03. The smallest absolute Gasteiger partial charge is 0.0412 e. The van der Waals surface area contributed by atoms with Gasteiger partial charge in [-0.1, -0.05) is 78.9 Å². The standard InChI is InChI=1S/C19H15Cl/c1-3-6-17-15(13(2)20)11-12-18-16-8-5-4-7-14(16)9-10-19(17)18/h3-12H,2H2,1H3/b6-3-. The summed E-state index contributed by atoms with van der Waals surface area (Å²) in [6.45, 7) is 5.88. The minimum atomic E-state index is 0.577. The van der Waals surface area contributed by atoms with Crippen molar-refractivity contribution in [1.29, 1.82) is 0 Å². The predicted octanol–water partition coefficient (Wildman–Crippen LogP) is 6.24. The van der Waals surface area contributed by atoms with Gasteiger partial charge in [0.25, 0.3) is 0 Å². The third-order valence-electron chi connectivity index (χ3n) is 3.59. The van der Waals surface area contributed by atoms with Crippen LogP contribution in [0.3, 0.4) is 0 Å². The van der Waals surface area contributed by atoms with Gasteiger partial charge in [0.1, 0.15) is 0 Å². The Balaban J connectivity index is 2.48. The maximum Gasteiger partial charge on any atom is 0.0412 e. The van der Waals surface area contributed by atoms with Crippen LogP contribution >= 0.6 is 11.6 Å². The molecule has 0 saturated heterocycles. The fourth-order valence-corrected chi connectivity index (χ4v) is 2.86. The number of halogens is 1. The van der Waals surface area contributed by atoms with Crippen molar-refractivity contribution < 1.29 is 0 Å². The lowest BCUT2D eigenvalue weighted by molar-refractivity contribution is 1.66. The average Bonchev–Trinajstić information content (AvgIpc) is 2.47. The van der Waals surface area contributed by atoms with E-state index in [0.717, 1.165) is 11.1 Å². The molecule has 0 aliphatic heterocycles. The summed E-state index contributed by atoms with van der Waals surface area (Å²) < 4.78 is 0. The van der Waals surface area contributed by atoms with E-state index in [2.05, 4.69) is 61.2 Å². The van der Waals surface area contributed by atoms with E-state index >= 15 is 0 Å². The second-order valence-electron chi connectivity index (χ2n) is 4.81. The molecule has 0 aliphatic carbocycles. The Bertz CT molecular complexity index is 841. The van der Waals surface area contributed by atoms with Crippen LogP contribution in [0, 0.1) is 0 Å². The summed E-state index contributed by atoms with van der Waals surface area (Å²) in [5.41, 5.74) is 2.13. The van der Waals surface area contributed by atoms with Crippen molar-refractivity contribution in [2.45, 2.75) is 6.92 Å². The van der Waals surface area contributed by atoms with Gasteiger partial charge in [-0.15, -0.1) is 0 Å². The van der Waals surface area contributed by atoms with Gasteiger partial charge < -0.3 is 0 Å². The van der Waals surface area contributed by atoms with E-state index in [4.69, 9.17) is 11.6 Å². The Morgan fingerprint density at radius 3 is 2.45 bits per heavy atom. The summed E-state index contributed by atoms with van der Waals surface area (Å²) in [6.07, 6.45) is 4.13. The molecule has 0 aliphatic rings. The van der Waals surface area contributed by atoms with Crippen molar-refractivity contribution in [3.8, 4) is 0 Å². The molecule has 0 spiro atoms. The van der Waals surface area contributed by atoms with Gasteiger partial charge in [0, 0.05) is 10.6 Å². The molecule has 98 valence electrons. The second kappa shape index (κ2) is 5.15. The highest BCUT2D eigenvalue weighted by atomic mass is 35.5. The normalized spacial score (nSPS) is 11.5. The highest BCUT2D eigenvalue weighted by Gasteiger charge is 2.08. The molecule has 0 amide bonds. The first-order chi connectivity index (χ1) is 9.72. The number of hydrogen-bond donors (Lipinski definition) is 0. The van der Waals surface area contributed by atoms with Gasteiger partial charge in [0.2, 0.25) is 0 Å². The van der Waals surface area contributed by atoms with E-state index in [1.807, 2.05) is 13.0 Å². The molecule has 0 fully saturated rings. The molecule has 0 radical (unpaired) electrons. The lowest BCUT2D eigenvalue weighted by atomic mass is 9.94. The van der Waals surface area contributed by atoms with E-state index < -0.39 is 0 Å². The topological polar surface area (TPSA) is 0 Å². The van der Waals surface area contributed by atoms with Crippen molar-refractivity contribution in [2.75, 3.05) is 0 Å². The van der Waals surface area contributed by atoms with Crippen molar-refractivity contribution in [1.82, 2.24) is 0 Å². The Morgan fingerprint density at radius 2 is 1.70 bits per heavy atom. The molecule has 0 bridgehead atoms. The van der Waals surface area contributed by atoms with Gasteiger partial charge >= 0.3 is 0 Å². The predicted molar refractivity (Wildman–Crippen MR) is 91.0 cm³/mol. The molecular weight excluding hydrogens is 264 g/mol. The van der Waals surface area contributed by atoms with Crippen LogP contribution in [0.25, 0.3) is 32.7 Å². The number of allylic oxidation sites excluding steroid dienone is 1. The van der Waals surface area contributed by atoms with Gasteiger partial charge in [0.05, 0.1) is 0 Å². The molecule has 3 aromatic carbocycles. The Labute approximate surface area is 124 Å². The minimum absolute atomic E-state index is 0.577. The Hall–Kier alpha value is -2.05. The zero-order valence-electron chi connectivity index (χ0n) is 11.4. The lowest BCUT2D eigenvalue weighted by Crippen LogP contribution is -1.87. The third-order valence-corrected chi connectivity index (χ3v) is 3.80. The van der Waals surface area contributed by atoms with E-state index in [1.54, 1.807) is 0 Å². The van der Waals surface area contributed by atoms with Crippen LogP contribution in [0.4, 0.5) is 0 Å². The minimum Gasteiger partial charge on any atom is -0.0870 e. The quantitative estimate of drug-likeness (QED) is 0.487.